The van der Waals surface area contributed by atoms with Gasteiger partial charge in [-0.3, -0.25) is 0 Å². The Morgan fingerprint density at radius 2 is 1.92 bits per heavy atom. The Labute approximate surface area is 150 Å². The molecule has 0 aliphatic rings. The second-order valence-electron chi connectivity index (χ2n) is 5.44. The Morgan fingerprint density at radius 1 is 1.12 bits per heavy atom. The van der Waals surface area contributed by atoms with E-state index in [4.69, 9.17) is 27.6 Å². The van der Waals surface area contributed by atoms with E-state index in [2.05, 4.69) is 4.98 Å². The lowest BCUT2D eigenvalue weighted by atomic mass is 10.1. The van der Waals surface area contributed by atoms with Crippen LogP contribution < -0.4 is 0 Å². The third kappa shape index (κ3) is 2.71. The van der Waals surface area contributed by atoms with E-state index in [0.29, 0.717) is 38.0 Å². The summed E-state index contributed by atoms with van der Waals surface area (Å²) in [5.41, 5.74) is 1.02. The molecule has 2 heterocycles. The molecule has 7 heteroatoms. The van der Waals surface area contributed by atoms with E-state index in [9.17, 15) is 14.3 Å². The molecule has 0 aliphatic carbocycles. The topological polar surface area (TPSA) is 63.3 Å². The molecule has 25 heavy (non-hydrogen) atoms. The molecule has 4 rings (SSSR count). The Hall–Kier alpha value is -2.63. The monoisotopic (exact) mass is 375 g/mol. The third-order valence-electron chi connectivity index (χ3n) is 3.79. The van der Waals surface area contributed by atoms with Gasteiger partial charge in [0.05, 0.1) is 16.1 Å². The molecular weight excluding hydrogens is 368 g/mol. The molecule has 0 aliphatic heterocycles. The fourth-order valence-electron chi connectivity index (χ4n) is 2.70. The van der Waals surface area contributed by atoms with Gasteiger partial charge >= 0.3 is 5.97 Å². The van der Waals surface area contributed by atoms with Crippen molar-refractivity contribution in [3.8, 4) is 11.5 Å². The molecule has 0 spiro atoms. The van der Waals surface area contributed by atoms with E-state index in [1.807, 2.05) is 0 Å². The summed E-state index contributed by atoms with van der Waals surface area (Å²) in [5, 5.41) is 11.1. The van der Waals surface area contributed by atoms with Gasteiger partial charge in [0, 0.05) is 15.8 Å². The van der Waals surface area contributed by atoms with E-state index in [1.165, 1.54) is 18.2 Å². The minimum atomic E-state index is -1.18. The first-order chi connectivity index (χ1) is 11.9. The van der Waals surface area contributed by atoms with Gasteiger partial charge in [-0.25, -0.2) is 14.2 Å². The maximum absolute atomic E-state index is 13.5. The van der Waals surface area contributed by atoms with Crippen molar-refractivity contribution >= 4 is 51.0 Å². The molecule has 124 valence electrons. The van der Waals surface area contributed by atoms with Crippen molar-refractivity contribution in [1.82, 2.24) is 4.98 Å². The lowest BCUT2D eigenvalue weighted by Crippen LogP contribution is -2.00. The highest BCUT2D eigenvalue weighted by atomic mass is 35.5. The fourth-order valence-corrected chi connectivity index (χ4v) is 3.25. The molecule has 0 atom stereocenters. The predicted molar refractivity (Wildman–Crippen MR) is 93.9 cm³/mol. The van der Waals surface area contributed by atoms with Crippen molar-refractivity contribution in [1.29, 1.82) is 0 Å². The molecule has 0 fully saturated rings. The Bertz CT molecular complexity index is 1170. The molecule has 0 unspecified atom stereocenters. The highest BCUT2D eigenvalue weighted by Gasteiger charge is 2.17. The zero-order valence-corrected chi connectivity index (χ0v) is 13.9. The molecule has 0 saturated carbocycles. The van der Waals surface area contributed by atoms with Crippen molar-refractivity contribution in [3.63, 3.8) is 0 Å². The van der Waals surface area contributed by atoms with Gasteiger partial charge in [0.15, 0.2) is 11.3 Å². The summed E-state index contributed by atoms with van der Waals surface area (Å²) >= 11 is 12.1. The van der Waals surface area contributed by atoms with E-state index < -0.39 is 11.8 Å². The van der Waals surface area contributed by atoms with Gasteiger partial charge in [-0.1, -0.05) is 23.2 Å². The van der Waals surface area contributed by atoms with E-state index in [-0.39, 0.29) is 10.9 Å². The van der Waals surface area contributed by atoms with Gasteiger partial charge in [-0.05, 0) is 42.5 Å². The van der Waals surface area contributed by atoms with Gasteiger partial charge in [0.25, 0.3) is 0 Å². The second kappa shape index (κ2) is 5.72. The normalized spacial score (nSPS) is 11.3. The summed E-state index contributed by atoms with van der Waals surface area (Å²) in [7, 11) is 0. The molecular formula is C18H8Cl2FNO3. The quantitative estimate of drug-likeness (QED) is 0.481. The maximum Gasteiger partial charge on any atom is 0.336 e. The van der Waals surface area contributed by atoms with Crippen LogP contribution in [0, 0.1) is 5.82 Å². The molecule has 2 aromatic heterocycles. The Kier molecular flexibility index (Phi) is 3.63. The molecule has 0 amide bonds. The van der Waals surface area contributed by atoms with Crippen LogP contribution in [0.25, 0.3) is 33.3 Å². The summed E-state index contributed by atoms with van der Waals surface area (Å²) in [6.45, 7) is 0. The first-order valence-electron chi connectivity index (χ1n) is 7.15. The molecule has 1 N–H and O–H groups in total. The number of aromatic carboxylic acids is 1. The van der Waals surface area contributed by atoms with Crippen LogP contribution >= 0.6 is 23.2 Å². The first kappa shape index (κ1) is 15.9. The minimum absolute atomic E-state index is 0.0657. The number of carboxylic acid groups (broad SMARTS) is 1. The smallest absolute Gasteiger partial charge is 0.336 e. The second-order valence-corrected chi connectivity index (χ2v) is 6.28. The lowest BCUT2D eigenvalue weighted by Gasteiger charge is -2.05. The number of aromatic nitrogens is 1. The van der Waals surface area contributed by atoms with Gasteiger partial charge in [-0.2, -0.15) is 0 Å². The van der Waals surface area contributed by atoms with Crippen LogP contribution in [-0.2, 0) is 0 Å². The number of rotatable bonds is 2. The third-order valence-corrected chi connectivity index (χ3v) is 4.29. The number of carboxylic acids is 1. The van der Waals surface area contributed by atoms with Crippen LogP contribution in [-0.4, -0.2) is 16.1 Å². The van der Waals surface area contributed by atoms with Crippen molar-refractivity contribution in [2.75, 3.05) is 0 Å². The molecule has 0 radical (unpaired) electrons. The van der Waals surface area contributed by atoms with E-state index in [0.717, 1.165) is 6.07 Å². The van der Waals surface area contributed by atoms with Crippen molar-refractivity contribution in [3.05, 3.63) is 63.9 Å². The summed E-state index contributed by atoms with van der Waals surface area (Å²) in [4.78, 5) is 15.9. The minimum Gasteiger partial charge on any atom is -0.478 e. The van der Waals surface area contributed by atoms with E-state index in [1.54, 1.807) is 18.2 Å². The van der Waals surface area contributed by atoms with Crippen molar-refractivity contribution in [2.45, 2.75) is 0 Å². The van der Waals surface area contributed by atoms with Crippen LogP contribution in [0.3, 0.4) is 0 Å². The van der Waals surface area contributed by atoms with Crippen molar-refractivity contribution < 1.29 is 18.7 Å². The SMILES string of the molecule is O=C(O)c1cc(-c2cc3cc(Cl)cc(Cl)c3o2)nc2ccc(F)cc12. The van der Waals surface area contributed by atoms with Crippen molar-refractivity contribution in [2.24, 2.45) is 0 Å². The first-order valence-corrected chi connectivity index (χ1v) is 7.90. The number of carbonyl (C=O) groups is 1. The number of halogens is 3. The summed E-state index contributed by atoms with van der Waals surface area (Å²) in [5.74, 6) is -1.38. The fraction of sp³-hybridized carbons (Fsp3) is 0. The van der Waals surface area contributed by atoms with Gasteiger partial charge in [-0.15, -0.1) is 0 Å². The van der Waals surface area contributed by atoms with Crippen LogP contribution in [0.4, 0.5) is 4.39 Å². The number of hydrogen-bond donors (Lipinski definition) is 1. The highest BCUT2D eigenvalue weighted by molar-refractivity contribution is 6.38. The lowest BCUT2D eigenvalue weighted by molar-refractivity contribution is 0.0699. The maximum atomic E-state index is 13.5. The number of furan rings is 1. The largest absolute Gasteiger partial charge is 0.478 e. The summed E-state index contributed by atoms with van der Waals surface area (Å²) in [6, 6.07) is 10.0. The van der Waals surface area contributed by atoms with Crippen LogP contribution in [0.2, 0.25) is 10.0 Å². The Balaban J connectivity index is 1.99. The number of fused-ring (bicyclic) bond motifs is 2. The molecule has 0 bridgehead atoms. The number of benzene rings is 2. The Morgan fingerprint density at radius 3 is 2.68 bits per heavy atom. The van der Waals surface area contributed by atoms with E-state index >= 15 is 0 Å². The number of pyridine rings is 1. The zero-order chi connectivity index (χ0) is 17.7. The molecule has 2 aromatic carbocycles. The van der Waals surface area contributed by atoms with Gasteiger partial charge < -0.3 is 9.52 Å². The zero-order valence-electron chi connectivity index (χ0n) is 12.4. The predicted octanol–water partition coefficient (Wildman–Crippen LogP) is 5.79. The standard InChI is InChI=1S/C18H8Cl2FNO3/c19-9-3-8-4-16(25-17(8)13(20)5-9)15-7-12(18(23)24)11-6-10(21)1-2-14(11)22-15/h1-7H,(H,23,24). The molecule has 0 saturated heterocycles. The average molecular weight is 376 g/mol. The summed E-state index contributed by atoms with van der Waals surface area (Å²) < 4.78 is 19.2. The number of nitrogens with zero attached hydrogens (tertiary/aromatic N) is 1. The number of hydrogen-bond acceptors (Lipinski definition) is 3. The van der Waals surface area contributed by atoms with Gasteiger partial charge in [0.1, 0.15) is 11.5 Å². The summed E-state index contributed by atoms with van der Waals surface area (Å²) in [6.07, 6.45) is 0. The molecule has 4 nitrogen and oxygen atoms in total. The van der Waals surface area contributed by atoms with Crippen LogP contribution in [0.1, 0.15) is 10.4 Å². The van der Waals surface area contributed by atoms with Crippen LogP contribution in [0.5, 0.6) is 0 Å². The highest BCUT2D eigenvalue weighted by Crippen LogP contribution is 2.35. The molecule has 4 aromatic rings. The van der Waals surface area contributed by atoms with Crippen LogP contribution in [0.15, 0.2) is 46.9 Å². The van der Waals surface area contributed by atoms with Gasteiger partial charge in [0.2, 0.25) is 0 Å². The average Bonchev–Trinajstić information content (AvgIpc) is 2.98.